The molecule has 2 N–H and O–H groups in total. The highest BCUT2D eigenvalue weighted by Gasteiger charge is 1.94. The van der Waals surface area contributed by atoms with E-state index in [1.54, 1.807) is 0 Å². The van der Waals surface area contributed by atoms with Crippen LogP contribution in [0.15, 0.2) is 0 Å². The highest BCUT2D eigenvalue weighted by molar-refractivity contribution is 4.92. The molecule has 0 rings (SSSR count). The summed E-state index contributed by atoms with van der Waals surface area (Å²) >= 11 is 0. The Balaban J connectivity index is 3.02. The molecular weight excluding hydrogens is 104 g/mol. The minimum atomic E-state index is -0.679. The number of terminal acetylenes is 1. The second-order valence-corrected chi connectivity index (χ2v) is 1.55. The Labute approximate surface area is 49.2 Å². The van der Waals surface area contributed by atoms with Crippen LogP contribution in [-0.4, -0.2) is 22.9 Å². The van der Waals surface area contributed by atoms with Gasteiger partial charge in [0.2, 0.25) is 0 Å². The number of hydrogen-bond donors (Lipinski definition) is 2. The van der Waals surface area contributed by atoms with Crippen molar-refractivity contribution in [1.29, 1.82) is 0 Å². The summed E-state index contributed by atoms with van der Waals surface area (Å²) in [7, 11) is 0. The lowest BCUT2D eigenvalue weighted by atomic mass is 10.2. The van der Waals surface area contributed by atoms with Crippen molar-refractivity contribution < 1.29 is 10.2 Å². The number of hydrogen-bond acceptors (Lipinski definition) is 2. The molecule has 0 saturated carbocycles. The third-order valence-electron chi connectivity index (χ3n) is 0.828. The van der Waals surface area contributed by atoms with E-state index in [1.807, 2.05) is 0 Å². The first kappa shape index (κ1) is 7.48. The summed E-state index contributed by atoms with van der Waals surface area (Å²) in [6.07, 6.45) is 5.22. The first-order valence-corrected chi connectivity index (χ1v) is 2.56. The Hall–Kier alpha value is -0.520. The molecule has 8 heavy (non-hydrogen) atoms. The standard InChI is InChI=1S/C6H10O2/c1-2-6(8)4-3-5-7/h1,6-8H,3-5H2. The van der Waals surface area contributed by atoms with E-state index in [0.717, 1.165) is 0 Å². The van der Waals surface area contributed by atoms with Gasteiger partial charge >= 0.3 is 0 Å². The van der Waals surface area contributed by atoms with Crippen LogP contribution in [0, 0.1) is 12.3 Å². The molecule has 0 aliphatic carbocycles. The van der Waals surface area contributed by atoms with E-state index in [1.165, 1.54) is 0 Å². The van der Waals surface area contributed by atoms with Gasteiger partial charge in [0.25, 0.3) is 0 Å². The maximum atomic E-state index is 8.64. The van der Waals surface area contributed by atoms with Gasteiger partial charge in [-0.15, -0.1) is 6.42 Å². The fourth-order valence-electron chi connectivity index (χ4n) is 0.368. The zero-order valence-electron chi connectivity index (χ0n) is 4.67. The first-order chi connectivity index (χ1) is 3.81. The zero-order chi connectivity index (χ0) is 6.41. The Morgan fingerprint density at radius 1 is 1.62 bits per heavy atom. The van der Waals surface area contributed by atoms with Gasteiger partial charge in [-0.25, -0.2) is 0 Å². The van der Waals surface area contributed by atoms with Crippen LogP contribution in [0.25, 0.3) is 0 Å². The Kier molecular flexibility index (Phi) is 4.33. The molecule has 2 heteroatoms. The second kappa shape index (κ2) is 4.63. The number of aliphatic hydroxyl groups excluding tert-OH is 2. The lowest BCUT2D eigenvalue weighted by Gasteiger charge is -1.97. The largest absolute Gasteiger partial charge is 0.396 e. The summed E-state index contributed by atoms with van der Waals surface area (Å²) in [6.45, 7) is 0.0960. The van der Waals surface area contributed by atoms with Gasteiger partial charge < -0.3 is 10.2 Å². The normalized spacial score (nSPS) is 12.6. The van der Waals surface area contributed by atoms with Gasteiger partial charge in [-0.2, -0.15) is 0 Å². The number of aliphatic hydroxyl groups is 2. The molecule has 0 aromatic carbocycles. The van der Waals surface area contributed by atoms with Crippen molar-refractivity contribution in [2.75, 3.05) is 6.61 Å². The fraction of sp³-hybridized carbons (Fsp3) is 0.667. The maximum absolute atomic E-state index is 8.64. The topological polar surface area (TPSA) is 40.5 Å². The lowest BCUT2D eigenvalue weighted by molar-refractivity contribution is 0.198. The van der Waals surface area contributed by atoms with Crippen LogP contribution in [0.5, 0.6) is 0 Å². The summed E-state index contributed by atoms with van der Waals surface area (Å²) < 4.78 is 0. The van der Waals surface area contributed by atoms with Crippen LogP contribution in [-0.2, 0) is 0 Å². The molecule has 2 nitrogen and oxygen atoms in total. The van der Waals surface area contributed by atoms with Crippen LogP contribution < -0.4 is 0 Å². The Morgan fingerprint density at radius 3 is 2.62 bits per heavy atom. The molecule has 0 radical (unpaired) electrons. The molecule has 0 amide bonds. The smallest absolute Gasteiger partial charge is 0.114 e. The molecule has 1 atom stereocenters. The van der Waals surface area contributed by atoms with Gasteiger partial charge in [-0.3, -0.25) is 0 Å². The highest BCUT2D eigenvalue weighted by atomic mass is 16.3. The molecule has 1 unspecified atom stereocenters. The van der Waals surface area contributed by atoms with E-state index in [0.29, 0.717) is 12.8 Å². The Morgan fingerprint density at radius 2 is 2.25 bits per heavy atom. The molecule has 0 fully saturated rings. The molecule has 0 aliphatic rings. The molecule has 0 bridgehead atoms. The van der Waals surface area contributed by atoms with Crippen molar-refractivity contribution in [1.82, 2.24) is 0 Å². The monoisotopic (exact) mass is 114 g/mol. The van der Waals surface area contributed by atoms with Crippen LogP contribution in [0.4, 0.5) is 0 Å². The van der Waals surface area contributed by atoms with E-state index in [9.17, 15) is 0 Å². The minimum absolute atomic E-state index is 0.0960. The van der Waals surface area contributed by atoms with Gasteiger partial charge in [0.1, 0.15) is 6.10 Å². The van der Waals surface area contributed by atoms with Crippen molar-refractivity contribution in [3.63, 3.8) is 0 Å². The molecule has 46 valence electrons. The third kappa shape index (κ3) is 3.66. The summed E-state index contributed by atoms with van der Waals surface area (Å²) in [5.41, 5.74) is 0. The first-order valence-electron chi connectivity index (χ1n) is 2.56. The van der Waals surface area contributed by atoms with Crippen LogP contribution in [0.2, 0.25) is 0 Å². The van der Waals surface area contributed by atoms with E-state index < -0.39 is 6.10 Å². The summed E-state index contributed by atoms with van der Waals surface area (Å²) in [6, 6.07) is 0. The molecule has 0 aliphatic heterocycles. The SMILES string of the molecule is C#CC(O)CCCO. The summed E-state index contributed by atoms with van der Waals surface area (Å²) in [5.74, 6) is 2.14. The molecular formula is C6H10O2. The highest BCUT2D eigenvalue weighted by Crippen LogP contribution is 1.92. The van der Waals surface area contributed by atoms with Gasteiger partial charge in [-0.05, 0) is 12.8 Å². The molecule has 0 aromatic heterocycles. The van der Waals surface area contributed by atoms with E-state index >= 15 is 0 Å². The third-order valence-corrected chi connectivity index (χ3v) is 0.828. The summed E-state index contributed by atoms with van der Waals surface area (Å²) in [4.78, 5) is 0. The van der Waals surface area contributed by atoms with Gasteiger partial charge in [0.05, 0.1) is 0 Å². The zero-order valence-corrected chi connectivity index (χ0v) is 4.67. The maximum Gasteiger partial charge on any atom is 0.114 e. The van der Waals surface area contributed by atoms with Crippen molar-refractivity contribution in [2.24, 2.45) is 0 Å². The van der Waals surface area contributed by atoms with Gasteiger partial charge in [0, 0.05) is 6.61 Å². The van der Waals surface area contributed by atoms with Crippen LogP contribution in [0.3, 0.4) is 0 Å². The van der Waals surface area contributed by atoms with Gasteiger partial charge in [0.15, 0.2) is 0 Å². The Bertz CT molecular complexity index is 83.0. The lowest BCUT2D eigenvalue weighted by Crippen LogP contribution is -2.02. The predicted octanol–water partition coefficient (Wildman–Crippen LogP) is -0.247. The molecule has 0 saturated heterocycles. The van der Waals surface area contributed by atoms with Crippen LogP contribution >= 0.6 is 0 Å². The number of rotatable bonds is 3. The van der Waals surface area contributed by atoms with Crippen molar-refractivity contribution in [3.8, 4) is 12.3 Å². The predicted molar refractivity (Wildman–Crippen MR) is 31.2 cm³/mol. The van der Waals surface area contributed by atoms with E-state index in [-0.39, 0.29) is 6.61 Å². The van der Waals surface area contributed by atoms with Crippen molar-refractivity contribution in [2.45, 2.75) is 18.9 Å². The van der Waals surface area contributed by atoms with Gasteiger partial charge in [-0.1, -0.05) is 5.92 Å². The minimum Gasteiger partial charge on any atom is -0.396 e. The molecule has 0 spiro atoms. The van der Waals surface area contributed by atoms with Crippen molar-refractivity contribution >= 4 is 0 Å². The van der Waals surface area contributed by atoms with Crippen LogP contribution in [0.1, 0.15) is 12.8 Å². The average molecular weight is 114 g/mol. The average Bonchev–Trinajstić information content (AvgIpc) is 1.83. The van der Waals surface area contributed by atoms with E-state index in [4.69, 9.17) is 16.6 Å². The molecule has 0 heterocycles. The van der Waals surface area contributed by atoms with E-state index in [2.05, 4.69) is 5.92 Å². The van der Waals surface area contributed by atoms with Crippen molar-refractivity contribution in [3.05, 3.63) is 0 Å². The second-order valence-electron chi connectivity index (χ2n) is 1.55. The fourth-order valence-corrected chi connectivity index (χ4v) is 0.368. The molecule has 0 aromatic rings. The quantitative estimate of drug-likeness (QED) is 0.497. The summed E-state index contributed by atoms with van der Waals surface area (Å²) in [5, 5.41) is 16.9.